The fraction of sp³-hybridized carbons (Fsp3) is 0.533. The third-order valence-corrected chi connectivity index (χ3v) is 3.61. The SMILES string of the molecule is CCCCCCC1CN(c2cccc(Cl)c2)C(=O)O1. The van der Waals surface area contributed by atoms with Crippen molar-refractivity contribution < 1.29 is 9.53 Å². The predicted octanol–water partition coefficient (Wildman–Crippen LogP) is 4.64. The molecule has 4 heteroatoms. The molecule has 0 N–H and O–H groups in total. The molecule has 1 saturated heterocycles. The summed E-state index contributed by atoms with van der Waals surface area (Å²) >= 11 is 5.95. The van der Waals surface area contributed by atoms with Crippen LogP contribution in [0.5, 0.6) is 0 Å². The van der Waals surface area contributed by atoms with Crippen molar-refractivity contribution in [1.82, 2.24) is 0 Å². The van der Waals surface area contributed by atoms with E-state index in [1.807, 2.05) is 12.1 Å². The Morgan fingerprint density at radius 1 is 1.37 bits per heavy atom. The molecule has 1 aromatic rings. The van der Waals surface area contributed by atoms with Crippen molar-refractivity contribution >= 4 is 23.4 Å². The molecular weight excluding hydrogens is 262 g/mol. The molecule has 2 rings (SSSR count). The Morgan fingerprint density at radius 2 is 2.21 bits per heavy atom. The Kier molecular flexibility index (Phi) is 5.08. The van der Waals surface area contributed by atoms with Gasteiger partial charge in [0.1, 0.15) is 6.10 Å². The lowest BCUT2D eigenvalue weighted by Crippen LogP contribution is -2.24. The highest BCUT2D eigenvalue weighted by Gasteiger charge is 2.31. The molecule has 0 radical (unpaired) electrons. The lowest BCUT2D eigenvalue weighted by Gasteiger charge is -2.13. The number of hydrogen-bond acceptors (Lipinski definition) is 2. The van der Waals surface area contributed by atoms with Gasteiger partial charge in [-0.3, -0.25) is 4.90 Å². The second-order valence-corrected chi connectivity index (χ2v) is 5.38. The van der Waals surface area contributed by atoms with E-state index in [4.69, 9.17) is 16.3 Å². The van der Waals surface area contributed by atoms with Crippen molar-refractivity contribution in [2.75, 3.05) is 11.4 Å². The first-order valence-corrected chi connectivity index (χ1v) is 7.32. The van der Waals surface area contributed by atoms with Crippen LogP contribution in [0.3, 0.4) is 0 Å². The van der Waals surface area contributed by atoms with Crippen LogP contribution in [0.2, 0.25) is 5.02 Å². The summed E-state index contributed by atoms with van der Waals surface area (Å²) in [6.07, 6.45) is 5.50. The van der Waals surface area contributed by atoms with E-state index in [9.17, 15) is 4.79 Å². The van der Waals surface area contributed by atoms with E-state index in [1.165, 1.54) is 19.3 Å². The van der Waals surface area contributed by atoms with E-state index in [0.717, 1.165) is 18.5 Å². The van der Waals surface area contributed by atoms with Crippen molar-refractivity contribution in [3.8, 4) is 0 Å². The standard InChI is InChI=1S/C15H20ClNO2/c1-2-3-4-5-9-14-11-17(15(18)19-14)13-8-6-7-12(16)10-13/h6-8,10,14H,2-5,9,11H2,1H3. The largest absolute Gasteiger partial charge is 0.444 e. The number of benzene rings is 1. The molecule has 0 bridgehead atoms. The quantitative estimate of drug-likeness (QED) is 0.711. The number of nitrogens with zero attached hydrogens (tertiary/aromatic N) is 1. The van der Waals surface area contributed by atoms with Crippen LogP contribution in [0.25, 0.3) is 0 Å². The highest BCUT2D eigenvalue weighted by Crippen LogP contribution is 2.26. The van der Waals surface area contributed by atoms with E-state index in [0.29, 0.717) is 11.6 Å². The second kappa shape index (κ2) is 6.80. The zero-order valence-corrected chi connectivity index (χ0v) is 12.0. The van der Waals surface area contributed by atoms with Crippen molar-refractivity contribution in [3.05, 3.63) is 29.3 Å². The van der Waals surface area contributed by atoms with Gasteiger partial charge in [-0.15, -0.1) is 0 Å². The number of rotatable bonds is 6. The third-order valence-electron chi connectivity index (χ3n) is 3.37. The lowest BCUT2D eigenvalue weighted by molar-refractivity contribution is 0.135. The summed E-state index contributed by atoms with van der Waals surface area (Å²) in [6, 6.07) is 7.32. The topological polar surface area (TPSA) is 29.5 Å². The minimum atomic E-state index is -0.261. The molecule has 3 nitrogen and oxygen atoms in total. The maximum absolute atomic E-state index is 11.8. The number of carbonyl (C=O) groups excluding carboxylic acids is 1. The summed E-state index contributed by atoms with van der Waals surface area (Å²) in [5.74, 6) is 0. The zero-order chi connectivity index (χ0) is 13.7. The highest BCUT2D eigenvalue weighted by molar-refractivity contribution is 6.30. The molecule has 0 aromatic heterocycles. The van der Waals surface area contributed by atoms with Gasteiger partial charge in [0.05, 0.1) is 6.54 Å². The molecule has 1 fully saturated rings. The molecule has 1 atom stereocenters. The Balaban J connectivity index is 1.89. The van der Waals surface area contributed by atoms with E-state index < -0.39 is 0 Å². The molecule has 1 unspecified atom stereocenters. The zero-order valence-electron chi connectivity index (χ0n) is 11.3. The number of halogens is 1. The molecule has 19 heavy (non-hydrogen) atoms. The highest BCUT2D eigenvalue weighted by atomic mass is 35.5. The molecule has 1 aliphatic rings. The summed E-state index contributed by atoms with van der Waals surface area (Å²) in [6.45, 7) is 2.82. The van der Waals surface area contributed by atoms with Crippen LogP contribution < -0.4 is 4.90 Å². The monoisotopic (exact) mass is 281 g/mol. The average molecular weight is 282 g/mol. The number of unbranched alkanes of at least 4 members (excludes halogenated alkanes) is 3. The molecule has 0 spiro atoms. The minimum Gasteiger partial charge on any atom is -0.444 e. The maximum atomic E-state index is 11.8. The number of amides is 1. The summed E-state index contributed by atoms with van der Waals surface area (Å²) < 4.78 is 5.39. The van der Waals surface area contributed by atoms with Gasteiger partial charge < -0.3 is 4.74 Å². The second-order valence-electron chi connectivity index (χ2n) is 4.95. The summed E-state index contributed by atoms with van der Waals surface area (Å²) in [4.78, 5) is 13.5. The molecule has 1 heterocycles. The molecule has 104 valence electrons. The fourth-order valence-electron chi connectivity index (χ4n) is 2.33. The molecule has 0 saturated carbocycles. The van der Waals surface area contributed by atoms with Crippen LogP contribution in [-0.2, 0) is 4.74 Å². The van der Waals surface area contributed by atoms with Crippen LogP contribution in [0.4, 0.5) is 10.5 Å². The van der Waals surface area contributed by atoms with Gasteiger partial charge >= 0.3 is 6.09 Å². The van der Waals surface area contributed by atoms with Crippen LogP contribution in [0.1, 0.15) is 39.0 Å². The number of carbonyl (C=O) groups is 1. The minimum absolute atomic E-state index is 0.0170. The van der Waals surface area contributed by atoms with E-state index in [1.54, 1.807) is 17.0 Å². The summed E-state index contributed by atoms with van der Waals surface area (Å²) in [5, 5.41) is 0.636. The molecule has 1 aromatic carbocycles. The number of ether oxygens (including phenoxy) is 1. The Hall–Kier alpha value is -1.22. The maximum Gasteiger partial charge on any atom is 0.414 e. The van der Waals surface area contributed by atoms with Gasteiger partial charge in [0, 0.05) is 10.7 Å². The van der Waals surface area contributed by atoms with E-state index >= 15 is 0 Å². The van der Waals surface area contributed by atoms with Gasteiger partial charge in [-0.2, -0.15) is 0 Å². The summed E-state index contributed by atoms with van der Waals surface area (Å²) in [7, 11) is 0. The lowest BCUT2D eigenvalue weighted by atomic mass is 10.1. The molecule has 1 aliphatic heterocycles. The molecular formula is C15H20ClNO2. The Morgan fingerprint density at radius 3 is 2.95 bits per heavy atom. The normalized spacial score (nSPS) is 18.7. The first kappa shape index (κ1) is 14.2. The van der Waals surface area contributed by atoms with E-state index in [2.05, 4.69) is 6.92 Å². The van der Waals surface area contributed by atoms with Crippen molar-refractivity contribution in [2.24, 2.45) is 0 Å². The molecule has 0 aliphatic carbocycles. The van der Waals surface area contributed by atoms with Gasteiger partial charge in [-0.05, 0) is 31.0 Å². The Labute approximate surface area is 119 Å². The first-order valence-electron chi connectivity index (χ1n) is 6.94. The van der Waals surface area contributed by atoms with Crippen molar-refractivity contribution in [1.29, 1.82) is 0 Å². The van der Waals surface area contributed by atoms with Gasteiger partial charge in [-0.25, -0.2) is 4.79 Å². The molecule has 1 amide bonds. The van der Waals surface area contributed by atoms with Crippen LogP contribution >= 0.6 is 11.6 Å². The van der Waals surface area contributed by atoms with Gasteiger partial charge in [0.2, 0.25) is 0 Å². The Bertz CT molecular complexity index is 436. The predicted molar refractivity (Wildman–Crippen MR) is 77.8 cm³/mol. The smallest absolute Gasteiger partial charge is 0.414 e. The van der Waals surface area contributed by atoms with Crippen molar-refractivity contribution in [2.45, 2.75) is 45.1 Å². The number of hydrogen-bond donors (Lipinski definition) is 0. The van der Waals surface area contributed by atoms with Gasteiger partial charge in [-0.1, -0.05) is 43.9 Å². The van der Waals surface area contributed by atoms with Gasteiger partial charge in [0.15, 0.2) is 0 Å². The average Bonchev–Trinajstić information content (AvgIpc) is 2.76. The van der Waals surface area contributed by atoms with Crippen LogP contribution in [-0.4, -0.2) is 18.7 Å². The number of anilines is 1. The van der Waals surface area contributed by atoms with Gasteiger partial charge in [0.25, 0.3) is 0 Å². The summed E-state index contributed by atoms with van der Waals surface area (Å²) in [5.41, 5.74) is 0.813. The van der Waals surface area contributed by atoms with E-state index in [-0.39, 0.29) is 12.2 Å². The van der Waals surface area contributed by atoms with Crippen LogP contribution in [0.15, 0.2) is 24.3 Å². The fourth-order valence-corrected chi connectivity index (χ4v) is 2.51. The van der Waals surface area contributed by atoms with Crippen LogP contribution in [0, 0.1) is 0 Å². The first-order chi connectivity index (χ1) is 9.20. The number of cyclic esters (lactones) is 1. The van der Waals surface area contributed by atoms with Crippen molar-refractivity contribution in [3.63, 3.8) is 0 Å². The third kappa shape index (κ3) is 3.87.